The number of anilines is 1. The number of aliphatic carboxylic acids is 1. The third kappa shape index (κ3) is 2.89. The lowest BCUT2D eigenvalue weighted by Crippen LogP contribution is -2.53. The number of benzene rings is 1. The van der Waals surface area contributed by atoms with E-state index in [0.29, 0.717) is 12.1 Å². The zero-order valence-electron chi connectivity index (χ0n) is 12.1. The fraction of sp³-hybridized carbons (Fsp3) is 0.438. The van der Waals surface area contributed by atoms with E-state index in [9.17, 15) is 14.7 Å². The highest BCUT2D eigenvalue weighted by Crippen LogP contribution is 2.33. The van der Waals surface area contributed by atoms with E-state index in [1.165, 1.54) is 0 Å². The average molecular weight is 286 g/mol. The Hall–Kier alpha value is -2.35. The van der Waals surface area contributed by atoms with E-state index in [0.717, 1.165) is 5.56 Å². The first-order valence-corrected chi connectivity index (χ1v) is 6.96. The fourth-order valence-electron chi connectivity index (χ4n) is 3.06. The molecule has 110 valence electrons. The van der Waals surface area contributed by atoms with Crippen molar-refractivity contribution >= 4 is 17.6 Å². The number of piperidine rings is 1. The summed E-state index contributed by atoms with van der Waals surface area (Å²) in [6.07, 6.45) is 0.555. The summed E-state index contributed by atoms with van der Waals surface area (Å²) in [5.74, 6) is -1.66. The van der Waals surface area contributed by atoms with Gasteiger partial charge in [0, 0.05) is 18.2 Å². The van der Waals surface area contributed by atoms with E-state index in [1.54, 1.807) is 43.0 Å². The topological polar surface area (TPSA) is 81.4 Å². The van der Waals surface area contributed by atoms with Gasteiger partial charge in [-0.3, -0.25) is 9.59 Å². The molecule has 5 heteroatoms. The van der Waals surface area contributed by atoms with Crippen LogP contribution in [-0.2, 0) is 16.0 Å². The van der Waals surface area contributed by atoms with Crippen LogP contribution in [0.4, 0.5) is 5.69 Å². The number of carbonyl (C=O) groups excluding carboxylic acids is 1. The summed E-state index contributed by atoms with van der Waals surface area (Å²) < 4.78 is 0. The maximum Gasteiger partial charge on any atom is 0.308 e. The standard InChI is InChI=1S/C16H18N2O3/c1-10-9-14(19)18(11(2)15(10)16(20)21)13-5-3-12(4-6-13)7-8-17/h3-6,10-11,15H,7,9H2,1-2H3,(H,20,21). The number of hydrogen-bond donors (Lipinski definition) is 1. The highest BCUT2D eigenvalue weighted by atomic mass is 16.4. The smallest absolute Gasteiger partial charge is 0.308 e. The normalized spacial score (nSPS) is 25.5. The molecule has 3 unspecified atom stereocenters. The SMILES string of the molecule is CC1CC(=O)N(c2ccc(CC#N)cc2)C(C)C1C(=O)O. The van der Waals surface area contributed by atoms with E-state index in [-0.39, 0.29) is 24.3 Å². The summed E-state index contributed by atoms with van der Waals surface area (Å²) in [6.45, 7) is 3.58. The van der Waals surface area contributed by atoms with Gasteiger partial charge in [0.05, 0.1) is 18.4 Å². The molecule has 3 atom stereocenters. The van der Waals surface area contributed by atoms with Gasteiger partial charge in [0.2, 0.25) is 5.91 Å². The highest BCUT2D eigenvalue weighted by molar-refractivity contribution is 5.96. The van der Waals surface area contributed by atoms with Crippen molar-refractivity contribution in [2.24, 2.45) is 11.8 Å². The Morgan fingerprint density at radius 1 is 1.38 bits per heavy atom. The van der Waals surface area contributed by atoms with Crippen LogP contribution >= 0.6 is 0 Å². The second-order valence-corrected chi connectivity index (χ2v) is 5.55. The van der Waals surface area contributed by atoms with E-state index in [2.05, 4.69) is 6.07 Å². The van der Waals surface area contributed by atoms with Crippen molar-refractivity contribution in [1.29, 1.82) is 5.26 Å². The molecule has 1 heterocycles. The van der Waals surface area contributed by atoms with Gasteiger partial charge < -0.3 is 10.0 Å². The molecule has 0 radical (unpaired) electrons. The number of carboxylic acids is 1. The minimum Gasteiger partial charge on any atom is -0.481 e. The molecule has 1 N–H and O–H groups in total. The van der Waals surface area contributed by atoms with Crippen LogP contribution in [0.15, 0.2) is 24.3 Å². The molecule has 1 aliphatic rings. The molecular formula is C16H18N2O3. The lowest BCUT2D eigenvalue weighted by molar-refractivity contribution is -0.146. The van der Waals surface area contributed by atoms with Crippen molar-refractivity contribution in [3.8, 4) is 6.07 Å². The van der Waals surface area contributed by atoms with Crippen molar-refractivity contribution in [2.75, 3.05) is 4.90 Å². The van der Waals surface area contributed by atoms with Crippen molar-refractivity contribution in [1.82, 2.24) is 0 Å². The Morgan fingerprint density at radius 3 is 2.52 bits per heavy atom. The van der Waals surface area contributed by atoms with Crippen molar-refractivity contribution < 1.29 is 14.7 Å². The van der Waals surface area contributed by atoms with Crippen molar-refractivity contribution in [2.45, 2.75) is 32.7 Å². The predicted molar refractivity (Wildman–Crippen MR) is 77.6 cm³/mol. The van der Waals surface area contributed by atoms with E-state index in [1.807, 2.05) is 0 Å². The van der Waals surface area contributed by atoms with Crippen LogP contribution in [0.2, 0.25) is 0 Å². The third-order valence-corrected chi connectivity index (χ3v) is 4.09. The molecule has 1 aromatic rings. The number of rotatable bonds is 3. The largest absolute Gasteiger partial charge is 0.481 e. The molecule has 2 rings (SSSR count). The van der Waals surface area contributed by atoms with Crippen LogP contribution in [0.1, 0.15) is 25.8 Å². The van der Waals surface area contributed by atoms with Gasteiger partial charge >= 0.3 is 5.97 Å². The first-order chi connectivity index (χ1) is 9.95. The number of nitriles is 1. The van der Waals surface area contributed by atoms with Gasteiger partial charge in [-0.05, 0) is 30.5 Å². The first-order valence-electron chi connectivity index (χ1n) is 6.96. The Kier molecular flexibility index (Phi) is 4.27. The Labute approximate surface area is 123 Å². The second kappa shape index (κ2) is 5.96. The highest BCUT2D eigenvalue weighted by Gasteiger charge is 2.42. The molecule has 0 spiro atoms. The molecule has 0 bridgehead atoms. The van der Waals surface area contributed by atoms with Gasteiger partial charge in [-0.25, -0.2) is 0 Å². The Morgan fingerprint density at radius 2 is 2.00 bits per heavy atom. The zero-order valence-corrected chi connectivity index (χ0v) is 12.1. The lowest BCUT2D eigenvalue weighted by Gasteiger charge is -2.40. The zero-order chi connectivity index (χ0) is 15.6. The van der Waals surface area contributed by atoms with Crippen LogP contribution in [-0.4, -0.2) is 23.0 Å². The summed E-state index contributed by atoms with van der Waals surface area (Å²) in [4.78, 5) is 25.3. The number of carbonyl (C=O) groups is 2. The maximum atomic E-state index is 12.3. The summed E-state index contributed by atoms with van der Waals surface area (Å²) in [7, 11) is 0. The average Bonchev–Trinajstić information content (AvgIpc) is 2.40. The van der Waals surface area contributed by atoms with Crippen LogP contribution in [0, 0.1) is 23.2 Å². The molecule has 0 aromatic heterocycles. The van der Waals surface area contributed by atoms with Crippen molar-refractivity contribution in [3.63, 3.8) is 0 Å². The molecular weight excluding hydrogens is 268 g/mol. The van der Waals surface area contributed by atoms with Gasteiger partial charge in [-0.2, -0.15) is 5.26 Å². The fourth-order valence-corrected chi connectivity index (χ4v) is 3.06. The van der Waals surface area contributed by atoms with E-state index in [4.69, 9.17) is 5.26 Å². The van der Waals surface area contributed by atoms with Crippen LogP contribution in [0.3, 0.4) is 0 Å². The van der Waals surface area contributed by atoms with Gasteiger partial charge in [-0.1, -0.05) is 19.1 Å². The predicted octanol–water partition coefficient (Wildman–Crippen LogP) is 2.21. The Balaban J connectivity index is 2.30. The van der Waals surface area contributed by atoms with Crippen molar-refractivity contribution in [3.05, 3.63) is 29.8 Å². The number of carboxylic acid groups (broad SMARTS) is 1. The minimum atomic E-state index is -0.867. The van der Waals surface area contributed by atoms with E-state index >= 15 is 0 Å². The second-order valence-electron chi connectivity index (χ2n) is 5.55. The quantitative estimate of drug-likeness (QED) is 0.923. The first kappa shape index (κ1) is 15.0. The number of amides is 1. The van der Waals surface area contributed by atoms with Crippen LogP contribution < -0.4 is 4.90 Å². The molecule has 1 amide bonds. The number of hydrogen-bond acceptors (Lipinski definition) is 3. The molecule has 0 saturated carbocycles. The molecule has 1 aromatic carbocycles. The number of nitrogens with zero attached hydrogens (tertiary/aromatic N) is 2. The maximum absolute atomic E-state index is 12.3. The van der Waals surface area contributed by atoms with Gasteiger partial charge in [0.25, 0.3) is 0 Å². The molecule has 5 nitrogen and oxygen atoms in total. The molecule has 0 aliphatic carbocycles. The molecule has 1 aliphatic heterocycles. The summed E-state index contributed by atoms with van der Waals surface area (Å²) in [5.41, 5.74) is 1.56. The van der Waals surface area contributed by atoms with Crippen LogP contribution in [0.25, 0.3) is 0 Å². The van der Waals surface area contributed by atoms with Gasteiger partial charge in [0.1, 0.15) is 0 Å². The summed E-state index contributed by atoms with van der Waals surface area (Å²) in [5, 5.41) is 18.0. The summed E-state index contributed by atoms with van der Waals surface area (Å²) >= 11 is 0. The molecule has 1 saturated heterocycles. The van der Waals surface area contributed by atoms with Gasteiger partial charge in [-0.15, -0.1) is 0 Å². The third-order valence-electron chi connectivity index (χ3n) is 4.09. The minimum absolute atomic E-state index is 0.0551. The van der Waals surface area contributed by atoms with Crippen LogP contribution in [0.5, 0.6) is 0 Å². The Bertz CT molecular complexity index is 589. The van der Waals surface area contributed by atoms with E-state index < -0.39 is 11.9 Å². The summed E-state index contributed by atoms with van der Waals surface area (Å²) in [6, 6.07) is 8.83. The molecule has 1 fully saturated rings. The monoisotopic (exact) mass is 286 g/mol. The van der Waals surface area contributed by atoms with Gasteiger partial charge in [0.15, 0.2) is 0 Å². The lowest BCUT2D eigenvalue weighted by atomic mass is 9.80. The molecule has 21 heavy (non-hydrogen) atoms.